The number of likely N-dealkylation sites (tertiary alicyclic amines) is 1. The summed E-state index contributed by atoms with van der Waals surface area (Å²) >= 11 is 1.33. The summed E-state index contributed by atoms with van der Waals surface area (Å²) in [6.45, 7) is 4.46. The fraction of sp³-hybridized carbons (Fsp3) is 0.600. The van der Waals surface area contributed by atoms with Crippen molar-refractivity contribution < 1.29 is 9.59 Å². The molecule has 0 radical (unpaired) electrons. The van der Waals surface area contributed by atoms with Crippen LogP contribution in [0, 0.1) is 13.8 Å². The second-order valence-electron chi connectivity index (χ2n) is 5.43. The van der Waals surface area contributed by atoms with Gasteiger partial charge in [0.2, 0.25) is 11.8 Å². The molecule has 1 aromatic heterocycles. The van der Waals surface area contributed by atoms with Crippen molar-refractivity contribution in [3.05, 3.63) is 17.5 Å². The largest absolute Gasteiger partial charge is 0.357 e. The summed E-state index contributed by atoms with van der Waals surface area (Å²) in [5.74, 6) is 0.151. The first-order chi connectivity index (χ1) is 10.5. The summed E-state index contributed by atoms with van der Waals surface area (Å²) in [4.78, 5) is 34.7. The predicted molar refractivity (Wildman–Crippen MR) is 85.6 cm³/mol. The molecular formula is C15H22N4O2S. The molecule has 2 amide bonds. The number of amides is 2. The number of aryl methyl sites for hydroxylation is 2. The second kappa shape index (κ2) is 7.58. The molecule has 1 atom stereocenters. The van der Waals surface area contributed by atoms with Crippen LogP contribution < -0.4 is 5.32 Å². The van der Waals surface area contributed by atoms with Crippen LogP contribution in [0.15, 0.2) is 11.2 Å². The third-order valence-electron chi connectivity index (χ3n) is 3.66. The summed E-state index contributed by atoms with van der Waals surface area (Å²) in [6, 6.07) is 1.56. The van der Waals surface area contributed by atoms with Gasteiger partial charge in [-0.25, -0.2) is 9.97 Å². The number of piperidine rings is 1. The fourth-order valence-corrected chi connectivity index (χ4v) is 3.47. The van der Waals surface area contributed by atoms with Crippen molar-refractivity contribution in [2.24, 2.45) is 0 Å². The summed E-state index contributed by atoms with van der Waals surface area (Å²) in [5.41, 5.74) is 1.78. The highest BCUT2D eigenvalue weighted by Gasteiger charge is 2.31. The molecular weight excluding hydrogens is 300 g/mol. The van der Waals surface area contributed by atoms with Crippen LogP contribution in [0.5, 0.6) is 0 Å². The SMILES string of the molecule is CNC(=O)C1CCCCN1C(=O)CSc1nc(C)cc(C)n1. The number of nitrogens with one attached hydrogen (secondary N) is 1. The van der Waals surface area contributed by atoms with Crippen molar-refractivity contribution in [2.45, 2.75) is 44.3 Å². The van der Waals surface area contributed by atoms with E-state index in [-0.39, 0.29) is 23.6 Å². The van der Waals surface area contributed by atoms with Crippen molar-refractivity contribution in [1.82, 2.24) is 20.2 Å². The molecule has 1 aliphatic heterocycles. The van der Waals surface area contributed by atoms with Crippen molar-refractivity contribution in [3.63, 3.8) is 0 Å². The Morgan fingerprint density at radius 3 is 2.64 bits per heavy atom. The normalized spacial score (nSPS) is 18.1. The smallest absolute Gasteiger partial charge is 0.242 e. The standard InChI is InChI=1S/C15H22N4O2S/c1-10-8-11(2)18-15(17-10)22-9-13(20)19-7-5-4-6-12(19)14(21)16-3/h8,12H,4-7,9H2,1-3H3,(H,16,21). The summed E-state index contributed by atoms with van der Waals surface area (Å²) in [6.07, 6.45) is 2.66. The highest BCUT2D eigenvalue weighted by molar-refractivity contribution is 7.99. The number of likely N-dealkylation sites (N-methyl/N-ethyl adjacent to an activating group) is 1. The maximum Gasteiger partial charge on any atom is 0.242 e. The molecule has 1 aromatic rings. The van der Waals surface area contributed by atoms with Crippen molar-refractivity contribution >= 4 is 23.6 Å². The number of carbonyl (C=O) groups excluding carboxylic acids is 2. The summed E-state index contributed by atoms with van der Waals surface area (Å²) in [7, 11) is 1.61. The third-order valence-corrected chi connectivity index (χ3v) is 4.49. The molecule has 22 heavy (non-hydrogen) atoms. The van der Waals surface area contributed by atoms with Crippen LogP contribution in [0.3, 0.4) is 0 Å². The Balaban J connectivity index is 1.99. The molecule has 0 bridgehead atoms. The zero-order valence-electron chi connectivity index (χ0n) is 13.3. The van der Waals surface area contributed by atoms with Crippen molar-refractivity contribution in [3.8, 4) is 0 Å². The monoisotopic (exact) mass is 322 g/mol. The van der Waals surface area contributed by atoms with Gasteiger partial charge < -0.3 is 10.2 Å². The van der Waals surface area contributed by atoms with E-state index in [9.17, 15) is 9.59 Å². The maximum absolute atomic E-state index is 12.4. The lowest BCUT2D eigenvalue weighted by Gasteiger charge is -2.34. The lowest BCUT2D eigenvalue weighted by molar-refractivity contribution is -0.140. The molecule has 120 valence electrons. The highest BCUT2D eigenvalue weighted by atomic mass is 32.2. The van der Waals surface area contributed by atoms with Crippen molar-refractivity contribution in [2.75, 3.05) is 19.3 Å². The Hall–Kier alpha value is -1.63. The predicted octanol–water partition coefficient (Wildman–Crippen LogP) is 1.31. The quantitative estimate of drug-likeness (QED) is 0.668. The van der Waals surface area contributed by atoms with E-state index in [0.29, 0.717) is 11.7 Å². The van der Waals surface area contributed by atoms with Crippen LogP contribution in [0.1, 0.15) is 30.7 Å². The van der Waals surface area contributed by atoms with Crippen LogP contribution in [-0.4, -0.2) is 52.1 Å². The first kappa shape index (κ1) is 16.7. The van der Waals surface area contributed by atoms with Crippen LogP contribution in [-0.2, 0) is 9.59 Å². The van der Waals surface area contributed by atoms with Gasteiger partial charge in [-0.1, -0.05) is 11.8 Å². The molecule has 0 aliphatic carbocycles. The highest BCUT2D eigenvalue weighted by Crippen LogP contribution is 2.20. The van der Waals surface area contributed by atoms with Gasteiger partial charge in [-0.3, -0.25) is 9.59 Å². The van der Waals surface area contributed by atoms with Gasteiger partial charge in [-0.05, 0) is 39.2 Å². The number of carbonyl (C=O) groups is 2. The molecule has 1 N–H and O–H groups in total. The van der Waals surface area contributed by atoms with Crippen LogP contribution >= 0.6 is 11.8 Å². The van der Waals surface area contributed by atoms with E-state index in [4.69, 9.17) is 0 Å². The average Bonchev–Trinajstić information content (AvgIpc) is 2.51. The molecule has 0 aromatic carbocycles. The molecule has 1 saturated heterocycles. The van der Waals surface area contributed by atoms with E-state index in [1.54, 1.807) is 11.9 Å². The lowest BCUT2D eigenvalue weighted by atomic mass is 10.0. The zero-order valence-corrected chi connectivity index (χ0v) is 14.1. The molecule has 1 aliphatic rings. The maximum atomic E-state index is 12.4. The van der Waals surface area contributed by atoms with Crippen LogP contribution in [0.25, 0.3) is 0 Å². The van der Waals surface area contributed by atoms with Gasteiger partial charge in [0.05, 0.1) is 5.75 Å². The first-order valence-corrected chi connectivity index (χ1v) is 8.46. The minimum atomic E-state index is -0.341. The number of hydrogen-bond donors (Lipinski definition) is 1. The minimum Gasteiger partial charge on any atom is -0.357 e. The Kier molecular flexibility index (Phi) is 5.76. The van der Waals surface area contributed by atoms with E-state index >= 15 is 0 Å². The lowest BCUT2D eigenvalue weighted by Crippen LogP contribution is -2.51. The zero-order chi connectivity index (χ0) is 16.1. The Morgan fingerprint density at radius 2 is 2.00 bits per heavy atom. The Morgan fingerprint density at radius 1 is 1.32 bits per heavy atom. The molecule has 2 rings (SSSR count). The summed E-state index contributed by atoms with van der Waals surface area (Å²) < 4.78 is 0. The molecule has 1 fully saturated rings. The van der Waals surface area contributed by atoms with E-state index < -0.39 is 0 Å². The van der Waals surface area contributed by atoms with Gasteiger partial charge in [0.25, 0.3) is 0 Å². The average molecular weight is 322 g/mol. The second-order valence-corrected chi connectivity index (χ2v) is 6.38. The Labute approximate surface area is 135 Å². The van der Waals surface area contributed by atoms with Gasteiger partial charge >= 0.3 is 0 Å². The van der Waals surface area contributed by atoms with Crippen molar-refractivity contribution in [1.29, 1.82) is 0 Å². The van der Waals surface area contributed by atoms with E-state index in [1.165, 1.54) is 11.8 Å². The van der Waals surface area contributed by atoms with E-state index in [1.807, 2.05) is 19.9 Å². The van der Waals surface area contributed by atoms with Gasteiger partial charge in [0, 0.05) is 25.0 Å². The number of aromatic nitrogens is 2. The number of hydrogen-bond acceptors (Lipinski definition) is 5. The van der Waals surface area contributed by atoms with Crippen LogP contribution in [0.4, 0.5) is 0 Å². The molecule has 6 nitrogen and oxygen atoms in total. The number of rotatable bonds is 4. The first-order valence-electron chi connectivity index (χ1n) is 7.47. The summed E-state index contributed by atoms with van der Waals surface area (Å²) in [5, 5.41) is 3.25. The molecule has 0 spiro atoms. The number of thioether (sulfide) groups is 1. The molecule has 1 unspecified atom stereocenters. The van der Waals surface area contributed by atoms with Gasteiger partial charge in [0.15, 0.2) is 5.16 Å². The topological polar surface area (TPSA) is 75.2 Å². The van der Waals surface area contributed by atoms with Gasteiger partial charge in [-0.15, -0.1) is 0 Å². The minimum absolute atomic E-state index is 0.0268. The fourth-order valence-electron chi connectivity index (χ4n) is 2.64. The molecule has 7 heteroatoms. The van der Waals surface area contributed by atoms with Gasteiger partial charge in [0.1, 0.15) is 6.04 Å². The Bertz CT molecular complexity index is 544. The third kappa shape index (κ3) is 4.19. The molecule has 0 saturated carbocycles. The molecule has 2 heterocycles. The van der Waals surface area contributed by atoms with Crippen LogP contribution in [0.2, 0.25) is 0 Å². The van der Waals surface area contributed by atoms with Gasteiger partial charge in [-0.2, -0.15) is 0 Å². The van der Waals surface area contributed by atoms with E-state index in [0.717, 1.165) is 30.7 Å². The number of nitrogens with zero attached hydrogens (tertiary/aromatic N) is 3. The van der Waals surface area contributed by atoms with E-state index in [2.05, 4.69) is 15.3 Å².